The zero-order chi connectivity index (χ0) is 14.7. The van der Waals surface area contributed by atoms with Crippen molar-refractivity contribution in [3.05, 3.63) is 65.8 Å². The van der Waals surface area contributed by atoms with Crippen LogP contribution < -0.4 is 5.32 Å². The number of rotatable bonds is 4. The fourth-order valence-electron chi connectivity index (χ4n) is 1.80. The summed E-state index contributed by atoms with van der Waals surface area (Å²) in [4.78, 5) is 11.9. The first-order valence-electron chi connectivity index (χ1n) is 6.25. The first-order chi connectivity index (χ1) is 10.2. The number of furan rings is 1. The van der Waals surface area contributed by atoms with Crippen molar-refractivity contribution in [1.29, 1.82) is 0 Å². The maximum Gasteiger partial charge on any atom is 0.251 e. The minimum atomic E-state index is -0.383. The highest BCUT2D eigenvalue weighted by molar-refractivity contribution is 5.94. The third kappa shape index (κ3) is 3.00. The standard InChI is InChI=1S/C15H11FN2O3/c16-11-5-3-10(4-6-11)15(19)17-9-12-8-14(21-18-12)13-2-1-7-20-13/h1-8H,9H2,(H,17,19). The van der Waals surface area contributed by atoms with Gasteiger partial charge in [-0.2, -0.15) is 0 Å². The average Bonchev–Trinajstić information content (AvgIpc) is 3.16. The van der Waals surface area contributed by atoms with E-state index in [1.807, 2.05) is 0 Å². The topological polar surface area (TPSA) is 68.3 Å². The second-order valence-electron chi connectivity index (χ2n) is 4.35. The number of amides is 1. The molecule has 3 rings (SSSR count). The van der Waals surface area contributed by atoms with Crippen LogP contribution in [0.2, 0.25) is 0 Å². The molecule has 0 saturated heterocycles. The zero-order valence-corrected chi connectivity index (χ0v) is 10.9. The molecular formula is C15H11FN2O3. The normalized spacial score (nSPS) is 10.5. The van der Waals surface area contributed by atoms with Crippen LogP contribution in [-0.2, 0) is 6.54 Å². The Morgan fingerprint density at radius 3 is 2.71 bits per heavy atom. The third-order valence-corrected chi connectivity index (χ3v) is 2.86. The van der Waals surface area contributed by atoms with E-state index in [-0.39, 0.29) is 18.3 Å². The van der Waals surface area contributed by atoms with Gasteiger partial charge >= 0.3 is 0 Å². The number of halogens is 1. The van der Waals surface area contributed by atoms with E-state index in [0.717, 1.165) is 0 Å². The summed E-state index contributed by atoms with van der Waals surface area (Å²) in [7, 11) is 0. The van der Waals surface area contributed by atoms with Crippen LogP contribution in [0.1, 0.15) is 16.1 Å². The van der Waals surface area contributed by atoms with Gasteiger partial charge in [0.2, 0.25) is 5.76 Å². The highest BCUT2D eigenvalue weighted by Gasteiger charge is 2.10. The molecule has 0 aliphatic rings. The Kier molecular flexibility index (Phi) is 3.51. The maximum atomic E-state index is 12.8. The van der Waals surface area contributed by atoms with E-state index in [2.05, 4.69) is 10.5 Å². The van der Waals surface area contributed by atoms with Crippen molar-refractivity contribution in [2.45, 2.75) is 6.54 Å². The Labute approximate surface area is 119 Å². The Hall–Kier alpha value is -2.89. The summed E-state index contributed by atoms with van der Waals surface area (Å²) >= 11 is 0. The SMILES string of the molecule is O=C(NCc1cc(-c2ccco2)on1)c1ccc(F)cc1. The number of hydrogen-bond donors (Lipinski definition) is 1. The number of carbonyl (C=O) groups is 1. The van der Waals surface area contributed by atoms with Gasteiger partial charge in [0.25, 0.3) is 5.91 Å². The van der Waals surface area contributed by atoms with Crippen LogP contribution >= 0.6 is 0 Å². The first kappa shape index (κ1) is 13.1. The second kappa shape index (κ2) is 5.62. The monoisotopic (exact) mass is 286 g/mol. The molecule has 21 heavy (non-hydrogen) atoms. The molecule has 0 unspecified atom stereocenters. The van der Waals surface area contributed by atoms with Crippen molar-refractivity contribution in [1.82, 2.24) is 10.5 Å². The summed E-state index contributed by atoms with van der Waals surface area (Å²) in [5.41, 5.74) is 0.947. The molecule has 0 fully saturated rings. The molecule has 106 valence electrons. The molecule has 5 nitrogen and oxygen atoms in total. The van der Waals surface area contributed by atoms with E-state index < -0.39 is 0 Å². The predicted octanol–water partition coefficient (Wildman–Crippen LogP) is 3.00. The van der Waals surface area contributed by atoms with Gasteiger partial charge in [-0.25, -0.2) is 4.39 Å². The molecule has 0 saturated carbocycles. The van der Waals surface area contributed by atoms with Crippen molar-refractivity contribution in [3.8, 4) is 11.5 Å². The highest BCUT2D eigenvalue weighted by atomic mass is 19.1. The number of aromatic nitrogens is 1. The number of nitrogens with zero attached hydrogens (tertiary/aromatic N) is 1. The van der Waals surface area contributed by atoms with Crippen LogP contribution in [0, 0.1) is 5.82 Å². The third-order valence-electron chi connectivity index (χ3n) is 2.86. The van der Waals surface area contributed by atoms with E-state index >= 15 is 0 Å². The molecular weight excluding hydrogens is 275 g/mol. The lowest BCUT2D eigenvalue weighted by atomic mass is 10.2. The lowest BCUT2D eigenvalue weighted by Crippen LogP contribution is -2.22. The van der Waals surface area contributed by atoms with E-state index in [9.17, 15) is 9.18 Å². The molecule has 2 aromatic heterocycles. The van der Waals surface area contributed by atoms with Crippen molar-refractivity contribution < 1.29 is 18.1 Å². The molecule has 0 spiro atoms. The molecule has 0 radical (unpaired) electrons. The van der Waals surface area contributed by atoms with Crippen LogP contribution in [0.25, 0.3) is 11.5 Å². The average molecular weight is 286 g/mol. The van der Waals surface area contributed by atoms with Gasteiger partial charge in [0.05, 0.1) is 12.8 Å². The quantitative estimate of drug-likeness (QED) is 0.800. The van der Waals surface area contributed by atoms with Gasteiger partial charge in [-0.3, -0.25) is 4.79 Å². The number of hydrogen-bond acceptors (Lipinski definition) is 4. The predicted molar refractivity (Wildman–Crippen MR) is 71.8 cm³/mol. The van der Waals surface area contributed by atoms with E-state index in [1.165, 1.54) is 30.5 Å². The first-order valence-corrected chi connectivity index (χ1v) is 6.25. The Morgan fingerprint density at radius 1 is 1.19 bits per heavy atom. The summed E-state index contributed by atoms with van der Waals surface area (Å²) in [5.74, 6) is 0.369. The summed E-state index contributed by atoms with van der Waals surface area (Å²) < 4.78 is 23.1. The Balaban J connectivity index is 1.62. The van der Waals surface area contributed by atoms with Gasteiger partial charge in [0.15, 0.2) is 5.76 Å². The molecule has 1 N–H and O–H groups in total. The van der Waals surface area contributed by atoms with Gasteiger partial charge in [-0.05, 0) is 36.4 Å². The van der Waals surface area contributed by atoms with Crippen molar-refractivity contribution >= 4 is 5.91 Å². The zero-order valence-electron chi connectivity index (χ0n) is 10.9. The van der Waals surface area contributed by atoms with Crippen LogP contribution in [0.15, 0.2) is 57.7 Å². The van der Waals surface area contributed by atoms with Gasteiger partial charge in [0.1, 0.15) is 11.5 Å². The lowest BCUT2D eigenvalue weighted by molar-refractivity contribution is 0.0950. The Morgan fingerprint density at radius 2 is 2.00 bits per heavy atom. The van der Waals surface area contributed by atoms with Crippen LogP contribution in [0.3, 0.4) is 0 Å². The largest absolute Gasteiger partial charge is 0.461 e. The number of carbonyl (C=O) groups excluding carboxylic acids is 1. The van der Waals surface area contributed by atoms with Gasteiger partial charge in [-0.15, -0.1) is 0 Å². The summed E-state index contributed by atoms with van der Waals surface area (Å²) in [6.07, 6.45) is 1.54. The van der Waals surface area contributed by atoms with Crippen LogP contribution in [-0.4, -0.2) is 11.1 Å². The van der Waals surface area contributed by atoms with Crippen molar-refractivity contribution in [3.63, 3.8) is 0 Å². The lowest BCUT2D eigenvalue weighted by Gasteiger charge is -2.02. The smallest absolute Gasteiger partial charge is 0.251 e. The summed E-state index contributed by atoms with van der Waals surface area (Å²) in [5, 5.41) is 6.52. The molecule has 3 aromatic rings. The molecule has 1 aromatic carbocycles. The number of benzene rings is 1. The van der Waals surface area contributed by atoms with Crippen LogP contribution in [0.4, 0.5) is 4.39 Å². The van der Waals surface area contributed by atoms with Crippen molar-refractivity contribution in [2.24, 2.45) is 0 Å². The summed E-state index contributed by atoms with van der Waals surface area (Å²) in [6, 6.07) is 10.5. The maximum absolute atomic E-state index is 12.8. The van der Waals surface area contributed by atoms with Gasteiger partial charge in [-0.1, -0.05) is 5.16 Å². The van der Waals surface area contributed by atoms with E-state index in [0.29, 0.717) is 22.8 Å². The fraction of sp³-hybridized carbons (Fsp3) is 0.0667. The molecule has 2 heterocycles. The molecule has 0 aliphatic heterocycles. The van der Waals surface area contributed by atoms with Gasteiger partial charge in [0, 0.05) is 11.6 Å². The Bertz CT molecular complexity index is 733. The molecule has 0 bridgehead atoms. The van der Waals surface area contributed by atoms with Crippen LogP contribution in [0.5, 0.6) is 0 Å². The van der Waals surface area contributed by atoms with Gasteiger partial charge < -0.3 is 14.3 Å². The molecule has 0 aliphatic carbocycles. The molecule has 1 amide bonds. The highest BCUT2D eigenvalue weighted by Crippen LogP contribution is 2.20. The number of nitrogens with one attached hydrogen (secondary N) is 1. The summed E-state index contributed by atoms with van der Waals surface area (Å²) in [6.45, 7) is 0.209. The fourth-order valence-corrected chi connectivity index (χ4v) is 1.80. The molecule has 6 heteroatoms. The molecule has 0 atom stereocenters. The minimum Gasteiger partial charge on any atom is -0.461 e. The minimum absolute atomic E-state index is 0.209. The second-order valence-corrected chi connectivity index (χ2v) is 4.35. The van der Waals surface area contributed by atoms with E-state index in [1.54, 1.807) is 18.2 Å². The van der Waals surface area contributed by atoms with E-state index in [4.69, 9.17) is 8.94 Å². The van der Waals surface area contributed by atoms with Crippen molar-refractivity contribution in [2.75, 3.05) is 0 Å².